The Balaban J connectivity index is 2.80. The fraction of sp³-hybridized carbons (Fsp3) is 0.273. The quantitative estimate of drug-likeness (QED) is 0.696. The minimum atomic E-state index is 0.0248. The molecule has 0 unspecified atom stereocenters. The summed E-state index contributed by atoms with van der Waals surface area (Å²) >= 11 is 0. The minimum Gasteiger partial charge on any atom is -0.364 e. The number of fused-ring (bicyclic) bond motifs is 1. The molecule has 0 atom stereocenters. The van der Waals surface area contributed by atoms with E-state index in [0.717, 1.165) is 11.5 Å². The largest absolute Gasteiger partial charge is 0.364 e. The number of pyridine rings is 1. The Morgan fingerprint density at radius 1 is 1.40 bits per heavy atom. The molecule has 78 valence electrons. The summed E-state index contributed by atoms with van der Waals surface area (Å²) in [4.78, 5) is 17.6. The van der Waals surface area contributed by atoms with Crippen molar-refractivity contribution in [3.05, 3.63) is 30.1 Å². The second-order valence-electron chi connectivity index (χ2n) is 3.67. The topological polar surface area (TPSA) is 37.6 Å². The first kappa shape index (κ1) is 9.71. The van der Waals surface area contributed by atoms with Gasteiger partial charge in [-0.15, -0.1) is 0 Å². The van der Waals surface area contributed by atoms with Crippen molar-refractivity contribution in [2.45, 2.75) is 6.92 Å². The van der Waals surface area contributed by atoms with Gasteiger partial charge in [0.2, 0.25) is 0 Å². The number of hydrogen-bond donors (Lipinski definition) is 0. The van der Waals surface area contributed by atoms with Gasteiger partial charge in [0, 0.05) is 21.0 Å². The van der Waals surface area contributed by atoms with Crippen molar-refractivity contribution in [2.75, 3.05) is 19.0 Å². The molecule has 15 heavy (non-hydrogen) atoms. The molecular weight excluding hydrogens is 190 g/mol. The number of imidazole rings is 1. The molecule has 0 amide bonds. The minimum absolute atomic E-state index is 0.0248. The molecule has 2 rings (SSSR count). The molecule has 4 nitrogen and oxygen atoms in total. The van der Waals surface area contributed by atoms with Gasteiger partial charge in [-0.3, -0.25) is 9.20 Å². The zero-order valence-electron chi connectivity index (χ0n) is 9.06. The van der Waals surface area contributed by atoms with Crippen LogP contribution in [-0.2, 0) is 0 Å². The molecule has 0 bridgehead atoms. The van der Waals surface area contributed by atoms with Gasteiger partial charge >= 0.3 is 0 Å². The normalized spacial score (nSPS) is 10.6. The number of anilines is 1. The zero-order valence-corrected chi connectivity index (χ0v) is 9.06. The molecule has 0 saturated heterocycles. The van der Waals surface area contributed by atoms with Crippen molar-refractivity contribution >= 4 is 17.2 Å². The zero-order chi connectivity index (χ0) is 11.0. The molecule has 0 aliphatic carbocycles. The summed E-state index contributed by atoms with van der Waals surface area (Å²) in [5.41, 5.74) is 1.42. The van der Waals surface area contributed by atoms with Crippen LogP contribution >= 0.6 is 0 Å². The summed E-state index contributed by atoms with van der Waals surface area (Å²) in [5.74, 6) is 0.979. The molecule has 0 aliphatic rings. The van der Waals surface area contributed by atoms with Gasteiger partial charge in [0.15, 0.2) is 5.78 Å². The summed E-state index contributed by atoms with van der Waals surface area (Å²) in [6.07, 6.45) is 1.62. The van der Waals surface area contributed by atoms with E-state index in [4.69, 9.17) is 0 Å². The Labute approximate surface area is 88.2 Å². The highest BCUT2D eigenvalue weighted by molar-refractivity contribution is 5.93. The van der Waals surface area contributed by atoms with Crippen molar-refractivity contribution in [2.24, 2.45) is 0 Å². The van der Waals surface area contributed by atoms with Crippen LogP contribution in [0.5, 0.6) is 0 Å². The molecule has 2 heterocycles. The Morgan fingerprint density at radius 2 is 2.13 bits per heavy atom. The maximum atomic E-state index is 11.4. The average Bonchev–Trinajstić information content (AvgIpc) is 2.60. The van der Waals surface area contributed by atoms with E-state index < -0.39 is 0 Å². The Hall–Kier alpha value is -1.84. The van der Waals surface area contributed by atoms with Gasteiger partial charge in [-0.25, -0.2) is 4.98 Å². The van der Waals surface area contributed by atoms with Gasteiger partial charge in [0.25, 0.3) is 0 Å². The van der Waals surface area contributed by atoms with Crippen molar-refractivity contribution in [3.8, 4) is 0 Å². The summed E-state index contributed by atoms with van der Waals surface area (Å²) < 4.78 is 1.86. The van der Waals surface area contributed by atoms with Gasteiger partial charge in [0.05, 0.1) is 6.20 Å². The van der Waals surface area contributed by atoms with E-state index in [2.05, 4.69) is 4.98 Å². The van der Waals surface area contributed by atoms with Crippen LogP contribution in [0.25, 0.3) is 5.65 Å². The molecule has 0 spiro atoms. The third-order valence-corrected chi connectivity index (χ3v) is 2.33. The lowest BCUT2D eigenvalue weighted by atomic mass is 10.3. The number of rotatable bonds is 2. The second-order valence-corrected chi connectivity index (χ2v) is 3.67. The van der Waals surface area contributed by atoms with E-state index >= 15 is 0 Å². The van der Waals surface area contributed by atoms with Crippen molar-refractivity contribution in [3.63, 3.8) is 0 Å². The lowest BCUT2D eigenvalue weighted by Gasteiger charge is -2.15. The van der Waals surface area contributed by atoms with E-state index in [1.54, 1.807) is 13.1 Å². The summed E-state index contributed by atoms with van der Waals surface area (Å²) in [5, 5.41) is 0. The van der Waals surface area contributed by atoms with E-state index in [9.17, 15) is 4.79 Å². The van der Waals surface area contributed by atoms with Crippen LogP contribution in [0.3, 0.4) is 0 Å². The fourth-order valence-corrected chi connectivity index (χ4v) is 1.62. The Morgan fingerprint density at radius 3 is 2.73 bits per heavy atom. The van der Waals surface area contributed by atoms with E-state index in [0.29, 0.717) is 5.69 Å². The first-order valence-corrected chi connectivity index (χ1v) is 4.76. The molecule has 0 aromatic carbocycles. The van der Waals surface area contributed by atoms with Crippen LogP contribution in [-0.4, -0.2) is 29.3 Å². The maximum absolute atomic E-state index is 11.4. The number of carbonyl (C=O) groups excluding carboxylic acids is 1. The summed E-state index contributed by atoms with van der Waals surface area (Å²) in [7, 11) is 3.89. The third kappa shape index (κ3) is 1.48. The summed E-state index contributed by atoms with van der Waals surface area (Å²) in [6, 6.07) is 5.78. The monoisotopic (exact) mass is 203 g/mol. The first-order chi connectivity index (χ1) is 7.11. The molecule has 0 saturated carbocycles. The molecule has 2 aromatic rings. The van der Waals surface area contributed by atoms with Crippen LogP contribution in [0.2, 0.25) is 0 Å². The number of aromatic nitrogens is 2. The lowest BCUT2D eigenvalue weighted by molar-refractivity contribution is 0.101. The Bertz CT molecular complexity index is 514. The predicted molar refractivity (Wildman–Crippen MR) is 59.5 cm³/mol. The molecule has 0 radical (unpaired) electrons. The van der Waals surface area contributed by atoms with Crippen molar-refractivity contribution in [1.29, 1.82) is 0 Å². The molecule has 0 N–H and O–H groups in total. The van der Waals surface area contributed by atoms with Gasteiger partial charge < -0.3 is 4.90 Å². The number of carbonyl (C=O) groups is 1. The number of nitrogens with zero attached hydrogens (tertiary/aromatic N) is 3. The molecule has 2 aromatic heterocycles. The van der Waals surface area contributed by atoms with E-state index in [1.807, 2.05) is 41.6 Å². The van der Waals surface area contributed by atoms with Crippen LogP contribution in [0.1, 0.15) is 17.4 Å². The standard InChI is InChI=1S/C11H13N3O/c1-8(15)9-7-12-10-5-4-6-11(13(2)3)14(9)10/h4-7H,1-3H3. The van der Waals surface area contributed by atoms with Gasteiger partial charge in [-0.05, 0) is 12.1 Å². The third-order valence-electron chi connectivity index (χ3n) is 2.33. The van der Waals surface area contributed by atoms with Crippen LogP contribution < -0.4 is 4.90 Å². The van der Waals surface area contributed by atoms with Gasteiger partial charge in [-0.1, -0.05) is 6.07 Å². The number of hydrogen-bond acceptors (Lipinski definition) is 3. The molecule has 0 aliphatic heterocycles. The van der Waals surface area contributed by atoms with Crippen molar-refractivity contribution in [1.82, 2.24) is 9.38 Å². The van der Waals surface area contributed by atoms with Gasteiger partial charge in [0.1, 0.15) is 17.2 Å². The smallest absolute Gasteiger partial charge is 0.178 e. The molecule has 4 heteroatoms. The summed E-state index contributed by atoms with van der Waals surface area (Å²) in [6.45, 7) is 1.55. The van der Waals surface area contributed by atoms with Crippen LogP contribution in [0.4, 0.5) is 5.82 Å². The highest BCUT2D eigenvalue weighted by Crippen LogP contribution is 2.17. The maximum Gasteiger partial charge on any atom is 0.178 e. The second kappa shape index (κ2) is 3.38. The van der Waals surface area contributed by atoms with Crippen molar-refractivity contribution < 1.29 is 4.79 Å². The number of Topliss-reactive ketones (excluding diaryl/α,β-unsaturated/α-hetero) is 1. The highest BCUT2D eigenvalue weighted by Gasteiger charge is 2.11. The Kier molecular flexibility index (Phi) is 2.19. The first-order valence-electron chi connectivity index (χ1n) is 4.76. The SMILES string of the molecule is CC(=O)c1cnc2cccc(N(C)C)n12. The van der Waals surface area contributed by atoms with Crippen LogP contribution in [0.15, 0.2) is 24.4 Å². The highest BCUT2D eigenvalue weighted by atomic mass is 16.1. The van der Waals surface area contributed by atoms with E-state index in [-0.39, 0.29) is 5.78 Å². The predicted octanol–water partition coefficient (Wildman–Crippen LogP) is 1.60. The molecule has 0 fully saturated rings. The fourth-order valence-electron chi connectivity index (χ4n) is 1.62. The average molecular weight is 203 g/mol. The molecular formula is C11H13N3O. The van der Waals surface area contributed by atoms with E-state index in [1.165, 1.54) is 0 Å². The van der Waals surface area contributed by atoms with Gasteiger partial charge in [-0.2, -0.15) is 0 Å². The lowest BCUT2D eigenvalue weighted by Crippen LogP contribution is -2.14. The van der Waals surface area contributed by atoms with Crippen LogP contribution in [0, 0.1) is 0 Å². The number of ketones is 1.